The molecule has 0 aliphatic carbocycles. The number of hydrogen-bond donors (Lipinski definition) is 0. The molecule has 0 unspecified atom stereocenters. The SMILES string of the molecule is CCN(CC)c1ccc(-c2ccc(CC(=O)N3CCCC[C@@H]3C)cc2)cc1. The first-order chi connectivity index (χ1) is 13.1. The lowest BCUT2D eigenvalue weighted by Crippen LogP contribution is -2.42. The molecule has 0 saturated carbocycles. The Bertz CT molecular complexity index is 732. The third-order valence-electron chi connectivity index (χ3n) is 5.76. The number of nitrogens with zero attached hydrogens (tertiary/aromatic N) is 2. The van der Waals surface area contributed by atoms with Crippen LogP contribution in [0.3, 0.4) is 0 Å². The number of anilines is 1. The van der Waals surface area contributed by atoms with E-state index in [-0.39, 0.29) is 5.91 Å². The van der Waals surface area contributed by atoms with E-state index in [1.54, 1.807) is 0 Å². The van der Waals surface area contributed by atoms with Gasteiger partial charge in [0.25, 0.3) is 0 Å². The molecule has 1 aliphatic rings. The van der Waals surface area contributed by atoms with Crippen LogP contribution in [0, 0.1) is 0 Å². The van der Waals surface area contributed by atoms with Crippen molar-refractivity contribution in [1.82, 2.24) is 4.90 Å². The highest BCUT2D eigenvalue weighted by molar-refractivity contribution is 5.79. The predicted molar refractivity (Wildman–Crippen MR) is 114 cm³/mol. The van der Waals surface area contributed by atoms with Gasteiger partial charge in [0.15, 0.2) is 0 Å². The Balaban J connectivity index is 1.65. The van der Waals surface area contributed by atoms with Crippen molar-refractivity contribution >= 4 is 11.6 Å². The van der Waals surface area contributed by atoms with E-state index in [2.05, 4.69) is 79.1 Å². The van der Waals surface area contributed by atoms with E-state index in [1.807, 2.05) is 0 Å². The second-order valence-corrected chi connectivity index (χ2v) is 7.52. The molecule has 2 aromatic rings. The fourth-order valence-corrected chi connectivity index (χ4v) is 4.01. The van der Waals surface area contributed by atoms with Crippen molar-refractivity contribution in [2.45, 2.75) is 52.5 Å². The largest absolute Gasteiger partial charge is 0.372 e. The number of carbonyl (C=O) groups excluding carboxylic acids is 1. The summed E-state index contributed by atoms with van der Waals surface area (Å²) in [6.45, 7) is 9.49. The number of amides is 1. The zero-order valence-electron chi connectivity index (χ0n) is 16.9. The molecule has 3 rings (SSSR count). The van der Waals surface area contributed by atoms with Crippen LogP contribution in [0.5, 0.6) is 0 Å². The van der Waals surface area contributed by atoms with Crippen molar-refractivity contribution in [3.63, 3.8) is 0 Å². The van der Waals surface area contributed by atoms with Crippen LogP contribution < -0.4 is 4.90 Å². The Morgan fingerprint density at radius 3 is 2.11 bits per heavy atom. The normalized spacial score (nSPS) is 17.0. The van der Waals surface area contributed by atoms with Gasteiger partial charge in [-0.15, -0.1) is 0 Å². The van der Waals surface area contributed by atoms with Gasteiger partial charge in [0.1, 0.15) is 0 Å². The monoisotopic (exact) mass is 364 g/mol. The molecule has 0 N–H and O–H groups in total. The molecule has 2 aromatic carbocycles. The predicted octanol–water partition coefficient (Wildman–Crippen LogP) is 5.14. The maximum Gasteiger partial charge on any atom is 0.227 e. The molecule has 0 radical (unpaired) electrons. The molecule has 1 atom stereocenters. The van der Waals surface area contributed by atoms with Crippen LogP contribution in [0.1, 0.15) is 45.6 Å². The third kappa shape index (κ3) is 4.71. The van der Waals surface area contributed by atoms with Crippen molar-refractivity contribution in [3.8, 4) is 11.1 Å². The molecule has 1 fully saturated rings. The van der Waals surface area contributed by atoms with Crippen LogP contribution in [0.15, 0.2) is 48.5 Å². The first-order valence-electron chi connectivity index (χ1n) is 10.4. The zero-order chi connectivity index (χ0) is 19.2. The van der Waals surface area contributed by atoms with Crippen molar-refractivity contribution in [3.05, 3.63) is 54.1 Å². The molecular weight excluding hydrogens is 332 g/mol. The molecule has 1 saturated heterocycles. The van der Waals surface area contributed by atoms with E-state index < -0.39 is 0 Å². The first-order valence-corrected chi connectivity index (χ1v) is 10.4. The molecule has 27 heavy (non-hydrogen) atoms. The van der Waals surface area contributed by atoms with Gasteiger partial charge >= 0.3 is 0 Å². The Labute approximate surface area is 164 Å². The van der Waals surface area contributed by atoms with Crippen LogP contribution in [0.2, 0.25) is 0 Å². The lowest BCUT2D eigenvalue weighted by Gasteiger charge is -2.33. The Hall–Kier alpha value is -2.29. The van der Waals surface area contributed by atoms with E-state index in [4.69, 9.17) is 0 Å². The fraction of sp³-hybridized carbons (Fsp3) is 0.458. The molecule has 0 aromatic heterocycles. The van der Waals surface area contributed by atoms with Crippen LogP contribution >= 0.6 is 0 Å². The van der Waals surface area contributed by atoms with E-state index in [9.17, 15) is 4.79 Å². The minimum absolute atomic E-state index is 0.263. The third-order valence-corrected chi connectivity index (χ3v) is 5.76. The number of rotatable bonds is 6. The lowest BCUT2D eigenvalue weighted by atomic mass is 10.0. The number of carbonyl (C=O) groups is 1. The summed E-state index contributed by atoms with van der Waals surface area (Å²) >= 11 is 0. The molecule has 0 spiro atoms. The molecule has 144 valence electrons. The summed E-state index contributed by atoms with van der Waals surface area (Å²) in [5.74, 6) is 0.263. The smallest absolute Gasteiger partial charge is 0.227 e. The van der Waals surface area contributed by atoms with Gasteiger partial charge < -0.3 is 9.80 Å². The number of hydrogen-bond acceptors (Lipinski definition) is 2. The average molecular weight is 365 g/mol. The summed E-state index contributed by atoms with van der Waals surface area (Å²) in [4.78, 5) is 17.0. The summed E-state index contributed by atoms with van der Waals surface area (Å²) in [6.07, 6.45) is 4.02. The Morgan fingerprint density at radius 2 is 1.56 bits per heavy atom. The summed E-state index contributed by atoms with van der Waals surface area (Å²) < 4.78 is 0. The minimum Gasteiger partial charge on any atom is -0.372 e. The zero-order valence-corrected chi connectivity index (χ0v) is 16.9. The maximum atomic E-state index is 12.6. The molecule has 1 amide bonds. The van der Waals surface area contributed by atoms with Crippen LogP contribution in [0.4, 0.5) is 5.69 Å². The topological polar surface area (TPSA) is 23.6 Å². The standard InChI is InChI=1S/C24H32N2O/c1-4-25(5-2)23-15-13-22(14-16-23)21-11-9-20(10-12-21)18-24(27)26-17-7-6-8-19(26)3/h9-16,19H,4-8,17-18H2,1-3H3/t19-/m0/s1. The summed E-state index contributed by atoms with van der Waals surface area (Å²) in [6, 6.07) is 17.6. The van der Waals surface area contributed by atoms with Gasteiger partial charge in [-0.05, 0) is 68.9 Å². The molecular formula is C24H32N2O. The summed E-state index contributed by atoms with van der Waals surface area (Å²) in [7, 11) is 0. The van der Waals surface area contributed by atoms with Gasteiger partial charge in [0.05, 0.1) is 6.42 Å². The van der Waals surface area contributed by atoms with Crippen molar-refractivity contribution in [1.29, 1.82) is 0 Å². The average Bonchev–Trinajstić information content (AvgIpc) is 2.70. The Morgan fingerprint density at radius 1 is 0.963 bits per heavy atom. The second kappa shape index (κ2) is 9.07. The van der Waals surface area contributed by atoms with Crippen molar-refractivity contribution in [2.75, 3.05) is 24.5 Å². The van der Waals surface area contributed by atoms with Gasteiger partial charge in [-0.25, -0.2) is 0 Å². The highest BCUT2D eigenvalue weighted by Gasteiger charge is 2.22. The first kappa shape index (κ1) is 19.5. The van der Waals surface area contributed by atoms with E-state index in [0.717, 1.165) is 38.0 Å². The minimum atomic E-state index is 0.263. The highest BCUT2D eigenvalue weighted by Crippen LogP contribution is 2.24. The Kier molecular flexibility index (Phi) is 6.54. The van der Waals surface area contributed by atoms with Gasteiger partial charge in [-0.3, -0.25) is 4.79 Å². The lowest BCUT2D eigenvalue weighted by molar-refractivity contribution is -0.133. The molecule has 1 heterocycles. The van der Waals surface area contributed by atoms with Gasteiger partial charge in [-0.2, -0.15) is 0 Å². The van der Waals surface area contributed by atoms with E-state index in [1.165, 1.54) is 23.2 Å². The summed E-state index contributed by atoms with van der Waals surface area (Å²) in [5.41, 5.74) is 4.78. The van der Waals surface area contributed by atoms with Crippen molar-refractivity contribution in [2.24, 2.45) is 0 Å². The van der Waals surface area contributed by atoms with Crippen LogP contribution in [0.25, 0.3) is 11.1 Å². The second-order valence-electron chi connectivity index (χ2n) is 7.52. The molecule has 1 aliphatic heterocycles. The molecule has 3 nitrogen and oxygen atoms in total. The number of piperidine rings is 1. The van der Waals surface area contributed by atoms with Gasteiger partial charge in [-0.1, -0.05) is 36.4 Å². The summed E-state index contributed by atoms with van der Waals surface area (Å²) in [5, 5.41) is 0. The number of likely N-dealkylation sites (tertiary alicyclic amines) is 1. The molecule has 0 bridgehead atoms. The highest BCUT2D eigenvalue weighted by atomic mass is 16.2. The van der Waals surface area contributed by atoms with Gasteiger partial charge in [0, 0.05) is 31.4 Å². The van der Waals surface area contributed by atoms with Crippen LogP contribution in [-0.4, -0.2) is 36.5 Å². The maximum absolute atomic E-state index is 12.6. The van der Waals surface area contributed by atoms with Crippen molar-refractivity contribution < 1.29 is 4.79 Å². The van der Waals surface area contributed by atoms with Crippen LogP contribution in [-0.2, 0) is 11.2 Å². The van der Waals surface area contributed by atoms with E-state index in [0.29, 0.717) is 12.5 Å². The van der Waals surface area contributed by atoms with E-state index >= 15 is 0 Å². The quantitative estimate of drug-likeness (QED) is 0.708. The molecule has 3 heteroatoms. The van der Waals surface area contributed by atoms with Gasteiger partial charge in [0.2, 0.25) is 5.91 Å². The fourth-order valence-electron chi connectivity index (χ4n) is 4.01. The number of benzene rings is 2.